The standard InChI is InChI=1S/C5H8N2OS/c1-6-5-7-4(8)2-3-9-5/h2-3H2,1H3,(H,6,7,8)/p+1. The molecule has 1 saturated heterocycles. The van der Waals surface area contributed by atoms with E-state index < -0.39 is 0 Å². The van der Waals surface area contributed by atoms with Gasteiger partial charge in [-0.25, -0.2) is 10.1 Å². The van der Waals surface area contributed by atoms with Crippen molar-refractivity contribution in [1.82, 2.24) is 5.32 Å². The zero-order valence-electron chi connectivity index (χ0n) is 5.23. The van der Waals surface area contributed by atoms with Gasteiger partial charge in [-0.05, 0) is 11.8 Å². The van der Waals surface area contributed by atoms with Gasteiger partial charge in [0.1, 0.15) is 0 Å². The topological polar surface area (TPSA) is 43.1 Å². The molecule has 1 amide bonds. The van der Waals surface area contributed by atoms with Crippen LogP contribution in [0.5, 0.6) is 0 Å². The molecule has 0 aromatic heterocycles. The summed E-state index contributed by atoms with van der Waals surface area (Å²) >= 11 is 1.64. The first-order chi connectivity index (χ1) is 4.33. The minimum absolute atomic E-state index is 0.109. The lowest BCUT2D eigenvalue weighted by Gasteiger charge is -2.04. The van der Waals surface area contributed by atoms with Crippen LogP contribution in [0.3, 0.4) is 0 Å². The first-order valence-electron chi connectivity index (χ1n) is 2.80. The van der Waals surface area contributed by atoms with E-state index in [1.54, 1.807) is 18.8 Å². The molecule has 0 aromatic carbocycles. The van der Waals surface area contributed by atoms with Crippen molar-refractivity contribution in [1.29, 1.82) is 0 Å². The van der Waals surface area contributed by atoms with E-state index in [0.29, 0.717) is 6.42 Å². The van der Waals surface area contributed by atoms with E-state index >= 15 is 0 Å². The third-order valence-corrected chi connectivity index (χ3v) is 2.06. The minimum Gasteiger partial charge on any atom is -0.271 e. The molecule has 1 rings (SSSR count). The van der Waals surface area contributed by atoms with Gasteiger partial charge in [0.25, 0.3) is 0 Å². The highest BCUT2D eigenvalue weighted by Gasteiger charge is 2.18. The molecule has 1 heterocycles. The molecule has 1 aliphatic rings. The molecule has 1 aliphatic heterocycles. The van der Waals surface area contributed by atoms with Crippen LogP contribution in [0.2, 0.25) is 0 Å². The van der Waals surface area contributed by atoms with Gasteiger partial charge in [-0.2, -0.15) is 0 Å². The van der Waals surface area contributed by atoms with E-state index in [9.17, 15) is 4.79 Å². The highest BCUT2D eigenvalue weighted by molar-refractivity contribution is 8.13. The second-order valence-electron chi connectivity index (χ2n) is 1.73. The lowest BCUT2D eigenvalue weighted by Crippen LogP contribution is -2.71. The largest absolute Gasteiger partial charge is 0.311 e. The quantitative estimate of drug-likeness (QED) is 0.427. The van der Waals surface area contributed by atoms with E-state index in [1.807, 2.05) is 0 Å². The van der Waals surface area contributed by atoms with Crippen molar-refractivity contribution < 1.29 is 9.79 Å². The van der Waals surface area contributed by atoms with Gasteiger partial charge in [0.15, 0.2) is 0 Å². The van der Waals surface area contributed by atoms with E-state index in [0.717, 1.165) is 10.9 Å². The Morgan fingerprint density at radius 1 is 1.78 bits per heavy atom. The average Bonchev–Trinajstić information content (AvgIpc) is 1.88. The number of hydrogen-bond donors (Lipinski definition) is 2. The summed E-state index contributed by atoms with van der Waals surface area (Å²) in [6, 6.07) is 0. The van der Waals surface area contributed by atoms with Crippen LogP contribution in [0.4, 0.5) is 0 Å². The van der Waals surface area contributed by atoms with Crippen LogP contribution in [0, 0.1) is 0 Å². The van der Waals surface area contributed by atoms with Gasteiger partial charge in [-0.15, -0.1) is 0 Å². The summed E-state index contributed by atoms with van der Waals surface area (Å²) in [4.78, 5) is 13.5. The maximum atomic E-state index is 10.6. The number of carbonyl (C=O) groups excluding carboxylic acids is 1. The van der Waals surface area contributed by atoms with Gasteiger partial charge < -0.3 is 0 Å². The summed E-state index contributed by atoms with van der Waals surface area (Å²) < 4.78 is 0. The van der Waals surface area contributed by atoms with Gasteiger partial charge in [-0.3, -0.25) is 4.99 Å². The molecule has 50 valence electrons. The van der Waals surface area contributed by atoms with Crippen LogP contribution < -0.4 is 10.3 Å². The van der Waals surface area contributed by atoms with E-state index in [-0.39, 0.29) is 5.91 Å². The SMILES string of the molecule is C[NH+]=C1NC(=O)CCS1. The Kier molecular flexibility index (Phi) is 2.10. The smallest absolute Gasteiger partial charge is 0.271 e. The van der Waals surface area contributed by atoms with Crippen molar-refractivity contribution >= 4 is 22.8 Å². The molecule has 0 atom stereocenters. The summed E-state index contributed by atoms with van der Waals surface area (Å²) in [5.74, 6) is 1.00. The number of hydrogen-bond acceptors (Lipinski definition) is 2. The highest BCUT2D eigenvalue weighted by atomic mass is 32.2. The molecule has 2 N–H and O–H groups in total. The molecular weight excluding hydrogens is 136 g/mol. The van der Waals surface area contributed by atoms with Crippen molar-refractivity contribution in [3.05, 3.63) is 0 Å². The summed E-state index contributed by atoms with van der Waals surface area (Å²) in [5, 5.41) is 3.56. The molecule has 0 radical (unpaired) electrons. The zero-order chi connectivity index (χ0) is 6.69. The Bertz CT molecular complexity index is 155. The minimum atomic E-state index is 0.109. The van der Waals surface area contributed by atoms with Crippen LogP contribution in [-0.4, -0.2) is 23.9 Å². The van der Waals surface area contributed by atoms with Crippen molar-refractivity contribution in [2.24, 2.45) is 0 Å². The Hall–Kier alpha value is -0.510. The van der Waals surface area contributed by atoms with Crippen molar-refractivity contribution in [2.75, 3.05) is 12.8 Å². The fourth-order valence-corrected chi connectivity index (χ4v) is 1.43. The van der Waals surface area contributed by atoms with Crippen molar-refractivity contribution in [3.63, 3.8) is 0 Å². The summed E-state index contributed by atoms with van der Waals surface area (Å²) in [5.41, 5.74) is 0. The third-order valence-electron chi connectivity index (χ3n) is 1.06. The molecule has 4 heteroatoms. The first-order valence-corrected chi connectivity index (χ1v) is 3.79. The number of rotatable bonds is 0. The molecule has 0 saturated carbocycles. The number of nitrogens with one attached hydrogen (secondary N) is 2. The van der Waals surface area contributed by atoms with Crippen LogP contribution >= 0.6 is 11.8 Å². The predicted molar refractivity (Wildman–Crippen MR) is 37.1 cm³/mol. The summed E-state index contributed by atoms with van der Waals surface area (Å²) in [7, 11) is 1.80. The fourth-order valence-electron chi connectivity index (χ4n) is 0.606. The van der Waals surface area contributed by atoms with Crippen LogP contribution in [0.25, 0.3) is 0 Å². The van der Waals surface area contributed by atoms with Crippen molar-refractivity contribution in [2.45, 2.75) is 6.42 Å². The Labute approximate surface area is 57.9 Å². The average molecular weight is 145 g/mol. The van der Waals surface area contributed by atoms with E-state index in [2.05, 4.69) is 10.3 Å². The molecule has 0 aliphatic carbocycles. The number of thioether (sulfide) groups is 1. The van der Waals surface area contributed by atoms with Crippen LogP contribution in [-0.2, 0) is 4.79 Å². The Morgan fingerprint density at radius 2 is 2.56 bits per heavy atom. The van der Waals surface area contributed by atoms with Gasteiger partial charge in [0, 0.05) is 5.75 Å². The maximum Gasteiger partial charge on any atom is 0.311 e. The monoisotopic (exact) mass is 145 g/mol. The van der Waals surface area contributed by atoms with E-state index in [4.69, 9.17) is 0 Å². The molecule has 1 fully saturated rings. The van der Waals surface area contributed by atoms with Gasteiger partial charge in [0.05, 0.1) is 13.5 Å². The normalized spacial score (nSPS) is 24.1. The van der Waals surface area contributed by atoms with Gasteiger partial charge >= 0.3 is 11.1 Å². The number of amides is 1. The second-order valence-corrected chi connectivity index (χ2v) is 2.83. The molecule has 0 bridgehead atoms. The lowest BCUT2D eigenvalue weighted by molar-refractivity contribution is -0.418. The first kappa shape index (κ1) is 6.61. The highest BCUT2D eigenvalue weighted by Crippen LogP contribution is 2.05. The lowest BCUT2D eigenvalue weighted by atomic mass is 10.4. The molecule has 0 spiro atoms. The summed E-state index contributed by atoms with van der Waals surface area (Å²) in [6.07, 6.45) is 0.635. The van der Waals surface area contributed by atoms with Crippen molar-refractivity contribution in [3.8, 4) is 0 Å². The number of amidine groups is 1. The second kappa shape index (κ2) is 2.87. The molecule has 0 unspecified atom stereocenters. The zero-order valence-corrected chi connectivity index (χ0v) is 6.05. The van der Waals surface area contributed by atoms with Crippen LogP contribution in [0.1, 0.15) is 6.42 Å². The summed E-state index contributed by atoms with van der Waals surface area (Å²) in [6.45, 7) is 0. The fraction of sp³-hybridized carbons (Fsp3) is 0.600. The molecule has 0 aromatic rings. The molecular formula is C5H9N2OS+. The third kappa shape index (κ3) is 1.71. The Morgan fingerprint density at radius 3 is 3.00 bits per heavy atom. The predicted octanol–water partition coefficient (Wildman–Crippen LogP) is -1.69. The van der Waals surface area contributed by atoms with E-state index in [1.165, 1.54) is 0 Å². The van der Waals surface area contributed by atoms with Gasteiger partial charge in [-0.1, -0.05) is 0 Å². The molecule has 3 nitrogen and oxygen atoms in total. The maximum absolute atomic E-state index is 10.6. The molecule has 9 heavy (non-hydrogen) atoms. The van der Waals surface area contributed by atoms with Crippen LogP contribution in [0.15, 0.2) is 0 Å². The van der Waals surface area contributed by atoms with Gasteiger partial charge in [0.2, 0.25) is 0 Å². The number of carbonyl (C=O) groups is 1. The Balaban J connectivity index is 2.51.